The quantitative estimate of drug-likeness (QED) is 0.725. The van der Waals surface area contributed by atoms with Crippen molar-refractivity contribution in [1.29, 1.82) is 5.41 Å². The average molecular weight is 341 g/mol. The summed E-state index contributed by atoms with van der Waals surface area (Å²) in [4.78, 5) is 24.6. The van der Waals surface area contributed by atoms with E-state index >= 15 is 0 Å². The Morgan fingerprint density at radius 2 is 2.00 bits per heavy atom. The third-order valence-corrected chi connectivity index (χ3v) is 3.75. The molecule has 6 nitrogen and oxygen atoms in total. The molecule has 128 valence electrons. The summed E-state index contributed by atoms with van der Waals surface area (Å²) in [7, 11) is 0. The van der Waals surface area contributed by atoms with Crippen molar-refractivity contribution in [3.63, 3.8) is 0 Å². The first kappa shape index (κ1) is 17.5. The number of halogens is 3. The lowest BCUT2D eigenvalue weighted by molar-refractivity contribution is -0.150. The van der Waals surface area contributed by atoms with Crippen LogP contribution in [0.5, 0.6) is 0 Å². The van der Waals surface area contributed by atoms with Crippen LogP contribution in [0.4, 0.5) is 13.2 Å². The minimum atomic E-state index is -4.73. The minimum Gasteiger partial charge on any atom is -0.481 e. The molecule has 0 bridgehead atoms. The number of amides is 1. The van der Waals surface area contributed by atoms with E-state index in [9.17, 15) is 27.9 Å². The van der Waals surface area contributed by atoms with Gasteiger partial charge >= 0.3 is 12.1 Å². The molecule has 2 atom stereocenters. The lowest BCUT2D eigenvalue weighted by Gasteiger charge is -2.41. The summed E-state index contributed by atoms with van der Waals surface area (Å²) in [5.41, 5.74) is 5.15. The lowest BCUT2D eigenvalue weighted by atomic mass is 9.80. The highest BCUT2D eigenvalue weighted by molar-refractivity contribution is 6.01. The van der Waals surface area contributed by atoms with Crippen molar-refractivity contribution in [3.8, 4) is 0 Å². The maximum atomic E-state index is 12.9. The Labute approximate surface area is 134 Å². The molecule has 1 heterocycles. The van der Waals surface area contributed by atoms with Crippen molar-refractivity contribution >= 4 is 18.1 Å². The number of benzene rings is 1. The number of carboxylic acids is 1. The zero-order chi connectivity index (χ0) is 18.1. The zero-order valence-electron chi connectivity index (χ0n) is 12.2. The number of nitrogens with zero attached hydrogens (tertiary/aromatic N) is 1. The van der Waals surface area contributed by atoms with E-state index in [4.69, 9.17) is 11.1 Å². The highest BCUT2D eigenvalue weighted by Crippen LogP contribution is 2.38. The Morgan fingerprint density at radius 3 is 2.50 bits per heavy atom. The molecule has 1 aliphatic heterocycles. The number of hydrogen-bond donors (Lipinski definition) is 3. The van der Waals surface area contributed by atoms with Crippen LogP contribution in [0.1, 0.15) is 21.8 Å². The van der Waals surface area contributed by atoms with Crippen LogP contribution in [-0.4, -0.2) is 46.9 Å². The number of alkyl halides is 3. The normalized spacial score (nSPS) is 21.4. The largest absolute Gasteiger partial charge is 0.481 e. The molecule has 0 aromatic heterocycles. The molecular weight excluding hydrogens is 327 g/mol. The van der Waals surface area contributed by atoms with E-state index in [0.717, 1.165) is 6.20 Å². The molecule has 1 aromatic rings. The predicted octanol–water partition coefficient (Wildman–Crippen LogP) is 1.73. The van der Waals surface area contributed by atoms with Crippen molar-refractivity contribution in [1.82, 2.24) is 4.90 Å². The summed E-state index contributed by atoms with van der Waals surface area (Å²) in [5, 5.41) is 16.8. The van der Waals surface area contributed by atoms with Gasteiger partial charge in [-0.2, -0.15) is 13.2 Å². The summed E-state index contributed by atoms with van der Waals surface area (Å²) in [6, 6.07) is 4.08. The van der Waals surface area contributed by atoms with E-state index in [1.54, 1.807) is 0 Å². The Balaban J connectivity index is 2.70. The smallest absolute Gasteiger partial charge is 0.406 e. The number of nitrogens with one attached hydrogen (secondary N) is 1. The first-order chi connectivity index (χ1) is 11.2. The Bertz CT molecular complexity index is 715. The van der Waals surface area contributed by atoms with Crippen molar-refractivity contribution < 1.29 is 27.9 Å². The van der Waals surface area contributed by atoms with Crippen LogP contribution in [0.2, 0.25) is 0 Å². The topological polar surface area (TPSA) is 107 Å². The Hall–Kier alpha value is -2.84. The third kappa shape index (κ3) is 3.10. The molecular formula is C15H14F3N3O3. The van der Waals surface area contributed by atoms with Gasteiger partial charge in [-0.05, 0) is 11.6 Å². The second-order valence-corrected chi connectivity index (χ2v) is 5.21. The van der Waals surface area contributed by atoms with E-state index < -0.39 is 36.6 Å². The maximum absolute atomic E-state index is 12.9. The second kappa shape index (κ2) is 6.34. The van der Waals surface area contributed by atoms with Gasteiger partial charge in [-0.3, -0.25) is 9.59 Å². The summed E-state index contributed by atoms with van der Waals surface area (Å²) in [6.45, 7) is -1.64. The molecule has 0 aliphatic carbocycles. The molecule has 4 N–H and O–H groups in total. The molecule has 9 heteroatoms. The van der Waals surface area contributed by atoms with E-state index in [2.05, 4.69) is 0 Å². The fraction of sp³-hybridized carbons (Fsp3) is 0.267. The predicted molar refractivity (Wildman–Crippen MR) is 78.8 cm³/mol. The van der Waals surface area contributed by atoms with Crippen LogP contribution in [0.15, 0.2) is 36.0 Å². The molecule has 0 fully saturated rings. The molecule has 0 spiro atoms. The number of carbonyl (C=O) groups excluding carboxylic acids is 1. The molecule has 1 amide bonds. The molecule has 2 rings (SSSR count). The zero-order valence-corrected chi connectivity index (χ0v) is 12.2. The molecule has 1 aromatic carbocycles. The fourth-order valence-electron chi connectivity index (χ4n) is 2.83. The maximum Gasteiger partial charge on any atom is 0.406 e. The van der Waals surface area contributed by atoms with E-state index in [1.807, 2.05) is 0 Å². The molecule has 0 radical (unpaired) electrons. The number of carboxylic acid groups (broad SMARTS) is 1. The van der Waals surface area contributed by atoms with Gasteiger partial charge in [0.05, 0.1) is 6.04 Å². The van der Waals surface area contributed by atoms with Gasteiger partial charge in [0, 0.05) is 23.6 Å². The van der Waals surface area contributed by atoms with Gasteiger partial charge in [-0.25, -0.2) is 0 Å². The summed E-state index contributed by atoms with van der Waals surface area (Å²) in [5.74, 6) is -3.82. The number of hydrogen-bond acceptors (Lipinski definition) is 4. The van der Waals surface area contributed by atoms with Crippen LogP contribution in [0.3, 0.4) is 0 Å². The number of fused-ring (bicyclic) bond motifs is 1. The number of rotatable bonds is 4. The van der Waals surface area contributed by atoms with Crippen LogP contribution in [0.25, 0.3) is 0 Å². The van der Waals surface area contributed by atoms with Crippen molar-refractivity contribution in [2.45, 2.75) is 18.1 Å². The summed E-state index contributed by atoms with van der Waals surface area (Å²) < 4.78 is 38.7. The van der Waals surface area contributed by atoms with Crippen LogP contribution >= 0.6 is 0 Å². The van der Waals surface area contributed by atoms with Crippen LogP contribution in [-0.2, 0) is 4.79 Å². The van der Waals surface area contributed by atoms with Gasteiger partial charge in [-0.1, -0.05) is 18.2 Å². The summed E-state index contributed by atoms with van der Waals surface area (Å²) in [6.07, 6.45) is -3.23. The number of aliphatic carboxylic acids is 1. The van der Waals surface area contributed by atoms with Gasteiger partial charge in [0.25, 0.3) is 5.91 Å². The van der Waals surface area contributed by atoms with E-state index in [1.165, 1.54) is 24.3 Å². The van der Waals surface area contributed by atoms with Gasteiger partial charge in [0.15, 0.2) is 0 Å². The average Bonchev–Trinajstić information content (AvgIpc) is 2.50. The van der Waals surface area contributed by atoms with Crippen molar-refractivity contribution in [3.05, 3.63) is 47.2 Å². The van der Waals surface area contributed by atoms with Gasteiger partial charge in [0.2, 0.25) is 0 Å². The van der Waals surface area contributed by atoms with E-state index in [-0.39, 0.29) is 16.7 Å². The van der Waals surface area contributed by atoms with Gasteiger partial charge < -0.3 is 21.1 Å². The van der Waals surface area contributed by atoms with Crippen molar-refractivity contribution in [2.75, 3.05) is 6.54 Å². The highest BCUT2D eigenvalue weighted by Gasteiger charge is 2.48. The second-order valence-electron chi connectivity index (χ2n) is 5.21. The third-order valence-electron chi connectivity index (χ3n) is 3.75. The minimum absolute atomic E-state index is 0.0969. The van der Waals surface area contributed by atoms with Gasteiger partial charge in [-0.15, -0.1) is 0 Å². The Morgan fingerprint density at radius 1 is 1.38 bits per heavy atom. The summed E-state index contributed by atoms with van der Waals surface area (Å²) >= 11 is 0. The lowest BCUT2D eigenvalue weighted by Crippen LogP contribution is -2.54. The highest BCUT2D eigenvalue weighted by atomic mass is 19.4. The first-order valence-corrected chi connectivity index (χ1v) is 6.83. The first-order valence-electron chi connectivity index (χ1n) is 6.83. The molecule has 2 unspecified atom stereocenters. The fourth-order valence-corrected chi connectivity index (χ4v) is 2.83. The van der Waals surface area contributed by atoms with Crippen LogP contribution < -0.4 is 5.73 Å². The molecule has 0 saturated carbocycles. The van der Waals surface area contributed by atoms with E-state index in [0.29, 0.717) is 11.1 Å². The SMILES string of the molecule is N=C/C(=C\N)C1C(C(=O)O)c2ccccc2C(=O)N1CC(F)(F)F. The number of nitrogens with two attached hydrogens (primary N) is 1. The molecule has 24 heavy (non-hydrogen) atoms. The number of carbonyl (C=O) groups is 2. The van der Waals surface area contributed by atoms with Gasteiger partial charge in [0.1, 0.15) is 12.5 Å². The monoisotopic (exact) mass is 341 g/mol. The Kier molecular flexibility index (Phi) is 4.63. The molecule has 1 aliphatic rings. The van der Waals surface area contributed by atoms with Crippen LogP contribution in [0, 0.1) is 5.41 Å². The van der Waals surface area contributed by atoms with Crippen molar-refractivity contribution in [2.24, 2.45) is 5.73 Å². The molecule has 0 saturated heterocycles. The standard InChI is InChI=1S/C15H14F3N3O3/c16-15(17,18)7-21-12(8(5-19)6-20)11(14(23)24)9-3-1-2-4-10(9)13(21)22/h1-6,11-12,19H,7,20H2,(H,23,24)/b8-6+,19-5?.